The Morgan fingerprint density at radius 2 is 1.08 bits per heavy atom. The summed E-state index contributed by atoms with van der Waals surface area (Å²) in [6.07, 6.45) is 1.76. The van der Waals surface area contributed by atoms with E-state index in [2.05, 4.69) is 41.4 Å². The zero-order valence-corrected chi connectivity index (χ0v) is 21.4. The first-order chi connectivity index (χ1) is 18.7. The minimum atomic E-state index is -3.25. The third-order valence-corrected chi connectivity index (χ3v) is 10.4. The lowest BCUT2D eigenvalue weighted by Gasteiger charge is -2.23. The SMILES string of the molecule is O=P(c1ccc(-c2ccc3cccnc3n2)cc1)(c1cccc2ccccc12)c1cccc2ccccc12. The molecule has 0 radical (unpaired) electrons. The van der Waals surface area contributed by atoms with Crippen LogP contribution in [0.4, 0.5) is 0 Å². The fraction of sp³-hybridized carbons (Fsp3) is 0. The molecule has 4 heteroatoms. The minimum Gasteiger partial charge on any atom is -0.309 e. The smallest absolute Gasteiger partial charge is 0.172 e. The van der Waals surface area contributed by atoms with Crippen molar-refractivity contribution in [3.63, 3.8) is 0 Å². The monoisotopic (exact) mass is 506 g/mol. The second kappa shape index (κ2) is 9.06. The molecule has 0 aliphatic rings. The lowest BCUT2D eigenvalue weighted by atomic mass is 10.1. The highest BCUT2D eigenvalue weighted by atomic mass is 31.2. The van der Waals surface area contributed by atoms with Crippen molar-refractivity contribution in [1.29, 1.82) is 0 Å². The normalized spacial score (nSPS) is 11.8. The fourth-order valence-electron chi connectivity index (χ4n) is 5.33. The first-order valence-electron chi connectivity index (χ1n) is 12.6. The van der Waals surface area contributed by atoms with E-state index in [1.807, 2.05) is 97.1 Å². The van der Waals surface area contributed by atoms with Crippen molar-refractivity contribution in [1.82, 2.24) is 9.97 Å². The molecule has 0 atom stereocenters. The summed E-state index contributed by atoms with van der Waals surface area (Å²) in [5.74, 6) is 0. The van der Waals surface area contributed by atoms with Crippen LogP contribution in [0, 0.1) is 0 Å². The van der Waals surface area contributed by atoms with Crippen LogP contribution in [0.1, 0.15) is 0 Å². The van der Waals surface area contributed by atoms with E-state index in [4.69, 9.17) is 4.98 Å². The van der Waals surface area contributed by atoms with Crippen molar-refractivity contribution in [3.8, 4) is 11.3 Å². The van der Waals surface area contributed by atoms with Gasteiger partial charge in [-0.3, -0.25) is 0 Å². The molecule has 0 N–H and O–H groups in total. The molecule has 180 valence electrons. The zero-order chi connectivity index (χ0) is 25.5. The van der Waals surface area contributed by atoms with Crippen LogP contribution in [0.2, 0.25) is 0 Å². The fourth-order valence-corrected chi connectivity index (χ4v) is 8.39. The van der Waals surface area contributed by atoms with Crippen molar-refractivity contribution in [3.05, 3.63) is 140 Å². The Morgan fingerprint density at radius 3 is 1.74 bits per heavy atom. The van der Waals surface area contributed by atoms with Gasteiger partial charge in [-0.2, -0.15) is 0 Å². The number of aromatic nitrogens is 2. The molecule has 0 aliphatic heterocycles. The van der Waals surface area contributed by atoms with Crippen molar-refractivity contribution in [2.24, 2.45) is 0 Å². The van der Waals surface area contributed by atoms with E-state index in [0.717, 1.165) is 54.1 Å². The molecule has 0 fully saturated rings. The van der Waals surface area contributed by atoms with E-state index in [-0.39, 0.29) is 0 Å². The average Bonchev–Trinajstić information content (AvgIpc) is 3.00. The zero-order valence-electron chi connectivity index (χ0n) is 20.5. The van der Waals surface area contributed by atoms with Gasteiger partial charge in [-0.15, -0.1) is 0 Å². The molecule has 2 heterocycles. The molecular weight excluding hydrogens is 483 g/mol. The molecule has 0 aliphatic carbocycles. The summed E-state index contributed by atoms with van der Waals surface area (Å²) >= 11 is 0. The second-order valence-electron chi connectivity index (χ2n) is 9.40. The number of pyridine rings is 2. The average molecular weight is 507 g/mol. The van der Waals surface area contributed by atoms with Gasteiger partial charge in [0.25, 0.3) is 0 Å². The maximum absolute atomic E-state index is 15.6. The van der Waals surface area contributed by atoms with Gasteiger partial charge >= 0.3 is 0 Å². The van der Waals surface area contributed by atoms with E-state index in [1.54, 1.807) is 6.20 Å². The Kier molecular flexibility index (Phi) is 5.39. The molecule has 0 amide bonds. The van der Waals surface area contributed by atoms with Gasteiger partial charge < -0.3 is 4.57 Å². The van der Waals surface area contributed by atoms with Crippen molar-refractivity contribution in [2.45, 2.75) is 0 Å². The van der Waals surface area contributed by atoms with Crippen LogP contribution >= 0.6 is 7.14 Å². The van der Waals surface area contributed by atoms with E-state index in [0.29, 0.717) is 5.65 Å². The van der Waals surface area contributed by atoms with E-state index in [9.17, 15) is 0 Å². The molecule has 0 saturated carbocycles. The van der Waals surface area contributed by atoms with Crippen molar-refractivity contribution >= 4 is 55.6 Å². The van der Waals surface area contributed by atoms with Gasteiger partial charge in [-0.1, -0.05) is 109 Å². The minimum absolute atomic E-state index is 0.714. The van der Waals surface area contributed by atoms with Crippen molar-refractivity contribution < 1.29 is 4.57 Å². The van der Waals surface area contributed by atoms with Gasteiger partial charge in [-0.25, -0.2) is 9.97 Å². The summed E-state index contributed by atoms with van der Waals surface area (Å²) < 4.78 is 15.6. The van der Waals surface area contributed by atoms with Gasteiger partial charge in [0.1, 0.15) is 0 Å². The van der Waals surface area contributed by atoms with Gasteiger partial charge in [0, 0.05) is 33.1 Å². The van der Waals surface area contributed by atoms with Gasteiger partial charge in [0.15, 0.2) is 12.8 Å². The molecule has 7 aromatic rings. The number of hydrogen-bond acceptors (Lipinski definition) is 3. The molecule has 0 unspecified atom stereocenters. The summed E-state index contributed by atoms with van der Waals surface area (Å²) in [4.78, 5) is 9.16. The lowest BCUT2D eigenvalue weighted by molar-refractivity contribution is 0.593. The Labute approximate surface area is 220 Å². The molecule has 0 spiro atoms. The number of fused-ring (bicyclic) bond motifs is 3. The molecule has 2 aromatic heterocycles. The van der Waals surface area contributed by atoms with Crippen molar-refractivity contribution in [2.75, 3.05) is 0 Å². The summed E-state index contributed by atoms with van der Waals surface area (Å²) in [6, 6.07) is 44.6. The van der Waals surface area contributed by atoms with Crippen LogP contribution in [0.3, 0.4) is 0 Å². The molecule has 0 bridgehead atoms. The Morgan fingerprint density at radius 1 is 0.500 bits per heavy atom. The van der Waals surface area contributed by atoms with Crippen LogP contribution < -0.4 is 15.9 Å². The summed E-state index contributed by atoms with van der Waals surface area (Å²) in [6.45, 7) is 0. The summed E-state index contributed by atoms with van der Waals surface area (Å²) in [5.41, 5.74) is 2.52. The quantitative estimate of drug-likeness (QED) is 0.236. The van der Waals surface area contributed by atoms with Crippen LogP contribution in [0.15, 0.2) is 140 Å². The van der Waals surface area contributed by atoms with E-state index in [1.165, 1.54) is 0 Å². The highest BCUT2D eigenvalue weighted by Crippen LogP contribution is 2.46. The standard InChI is InChI=1S/C34H23N2OP/c37-38(32-15-5-10-24-8-1-3-13-29(24)32,33-16-6-11-25-9-2-4-14-30(25)33)28-20-17-26(18-21-28)31-22-19-27-12-7-23-35-34(27)36-31/h1-23H. The van der Waals surface area contributed by atoms with E-state index < -0.39 is 7.14 Å². The largest absolute Gasteiger partial charge is 0.309 e. The summed E-state index contributed by atoms with van der Waals surface area (Å²) in [7, 11) is -3.25. The molecular formula is C34H23N2OP. The van der Waals surface area contributed by atoms with Gasteiger partial charge in [-0.05, 0) is 45.8 Å². The van der Waals surface area contributed by atoms with Gasteiger partial charge in [0.2, 0.25) is 0 Å². The number of nitrogens with zero attached hydrogens (tertiary/aromatic N) is 2. The Balaban J connectivity index is 1.46. The van der Waals surface area contributed by atoms with Gasteiger partial charge in [0.05, 0.1) is 5.69 Å². The third kappa shape index (κ3) is 3.63. The first-order valence-corrected chi connectivity index (χ1v) is 14.3. The molecule has 0 saturated heterocycles. The third-order valence-electron chi connectivity index (χ3n) is 7.20. The lowest BCUT2D eigenvalue weighted by Crippen LogP contribution is -2.26. The predicted octanol–water partition coefficient (Wildman–Crippen LogP) is 7.24. The highest BCUT2D eigenvalue weighted by Gasteiger charge is 2.32. The van der Waals surface area contributed by atoms with Crippen LogP contribution in [0.25, 0.3) is 43.8 Å². The number of rotatable bonds is 4. The number of hydrogen-bond donors (Lipinski definition) is 0. The Hall–Kier alpha value is -4.59. The number of benzene rings is 5. The van der Waals surface area contributed by atoms with E-state index >= 15 is 4.57 Å². The highest BCUT2D eigenvalue weighted by molar-refractivity contribution is 7.86. The van der Waals surface area contributed by atoms with Crippen LogP contribution in [-0.4, -0.2) is 9.97 Å². The maximum atomic E-state index is 15.6. The van der Waals surface area contributed by atoms with Crippen LogP contribution in [-0.2, 0) is 4.57 Å². The topological polar surface area (TPSA) is 42.9 Å². The maximum Gasteiger partial charge on any atom is 0.172 e. The predicted molar refractivity (Wildman–Crippen MR) is 159 cm³/mol. The second-order valence-corrected chi connectivity index (χ2v) is 12.1. The molecule has 7 rings (SSSR count). The first kappa shape index (κ1) is 22.6. The van der Waals surface area contributed by atoms with Crippen LogP contribution in [0.5, 0.6) is 0 Å². The molecule has 38 heavy (non-hydrogen) atoms. The molecule has 5 aromatic carbocycles. The summed E-state index contributed by atoms with van der Waals surface area (Å²) in [5, 5.41) is 7.69. The Bertz CT molecular complexity index is 1920. The molecule has 3 nitrogen and oxygen atoms in total.